The van der Waals surface area contributed by atoms with Crippen molar-refractivity contribution >= 4 is 0 Å². The average Bonchev–Trinajstić information content (AvgIpc) is 3.06. The first-order chi connectivity index (χ1) is 13.6. The zero-order chi connectivity index (χ0) is 19.3. The average molecular weight is 369 g/mol. The molecule has 136 valence electrons. The highest BCUT2D eigenvalue weighted by molar-refractivity contribution is 5.87. The summed E-state index contributed by atoms with van der Waals surface area (Å²) in [6, 6.07) is 20.6. The number of pyridine rings is 1. The molecule has 2 N–H and O–H groups in total. The van der Waals surface area contributed by atoms with Gasteiger partial charge in [-0.2, -0.15) is 0 Å². The summed E-state index contributed by atoms with van der Waals surface area (Å²) < 4.78 is 13.4. The van der Waals surface area contributed by atoms with E-state index >= 15 is 0 Å². The van der Waals surface area contributed by atoms with Gasteiger partial charge in [-0.25, -0.2) is 9.37 Å². The number of fused-ring (bicyclic) bond motifs is 3. The minimum absolute atomic E-state index is 0.185. The van der Waals surface area contributed by atoms with Crippen LogP contribution in [0.2, 0.25) is 0 Å². The van der Waals surface area contributed by atoms with E-state index in [0.29, 0.717) is 12.1 Å². The van der Waals surface area contributed by atoms with E-state index in [1.54, 1.807) is 36.4 Å². The van der Waals surface area contributed by atoms with Gasteiger partial charge in [0.2, 0.25) is 0 Å². The first-order valence-corrected chi connectivity index (χ1v) is 9.00. The van der Waals surface area contributed by atoms with Crippen molar-refractivity contribution < 1.29 is 14.6 Å². The summed E-state index contributed by atoms with van der Waals surface area (Å²) in [6.07, 6.45) is 0.672. The zero-order valence-corrected chi connectivity index (χ0v) is 14.9. The Morgan fingerprint density at radius 1 is 0.786 bits per heavy atom. The first-order valence-electron chi connectivity index (χ1n) is 9.00. The number of phenolic OH excluding ortho intramolecular Hbond substituents is 2. The van der Waals surface area contributed by atoms with Crippen LogP contribution >= 0.6 is 0 Å². The molecule has 28 heavy (non-hydrogen) atoms. The highest BCUT2D eigenvalue weighted by Gasteiger charge is 2.26. The maximum atomic E-state index is 13.4. The highest BCUT2D eigenvalue weighted by Crippen LogP contribution is 2.45. The van der Waals surface area contributed by atoms with E-state index in [1.165, 1.54) is 12.1 Å². The van der Waals surface area contributed by atoms with Crippen molar-refractivity contribution in [3.63, 3.8) is 0 Å². The van der Waals surface area contributed by atoms with E-state index in [-0.39, 0.29) is 17.3 Å². The Morgan fingerprint density at radius 2 is 1.57 bits per heavy atom. The Morgan fingerprint density at radius 3 is 2.36 bits per heavy atom. The van der Waals surface area contributed by atoms with Crippen LogP contribution in [0.4, 0.5) is 4.39 Å². The van der Waals surface area contributed by atoms with Crippen molar-refractivity contribution in [2.45, 2.75) is 6.42 Å². The Balaban J connectivity index is 1.80. The molecule has 0 radical (unpaired) electrons. The van der Waals surface area contributed by atoms with Crippen LogP contribution in [0.15, 0.2) is 72.8 Å². The fourth-order valence-corrected chi connectivity index (χ4v) is 3.81. The highest BCUT2D eigenvalue weighted by atomic mass is 19.1. The van der Waals surface area contributed by atoms with Gasteiger partial charge in [-0.1, -0.05) is 24.3 Å². The molecule has 3 nitrogen and oxygen atoms in total. The number of aromatic hydroxyl groups is 2. The van der Waals surface area contributed by atoms with E-state index < -0.39 is 0 Å². The van der Waals surface area contributed by atoms with Crippen molar-refractivity contribution in [3.8, 4) is 45.1 Å². The smallest absolute Gasteiger partial charge is 0.123 e. The van der Waals surface area contributed by atoms with Gasteiger partial charge in [-0.05, 0) is 65.2 Å². The third kappa shape index (κ3) is 2.62. The topological polar surface area (TPSA) is 53.4 Å². The summed E-state index contributed by atoms with van der Waals surface area (Å²) in [4.78, 5) is 4.84. The first kappa shape index (κ1) is 16.5. The van der Waals surface area contributed by atoms with Crippen molar-refractivity contribution in [1.29, 1.82) is 0 Å². The molecule has 1 aliphatic rings. The van der Waals surface area contributed by atoms with Crippen molar-refractivity contribution in [1.82, 2.24) is 4.98 Å². The largest absolute Gasteiger partial charge is 0.508 e. The van der Waals surface area contributed by atoms with Gasteiger partial charge in [0.05, 0.1) is 11.4 Å². The standard InChI is InChI=1S/C24H16FNO2/c25-16-8-5-14(6-9-16)22-13-20(18-3-1-2-4-23(18)28)21-11-15-7-10-17(27)12-19(15)24(21)26-22/h1-10,12-13,27-28H,11H2. The predicted molar refractivity (Wildman–Crippen MR) is 107 cm³/mol. The van der Waals surface area contributed by atoms with E-state index in [9.17, 15) is 14.6 Å². The van der Waals surface area contributed by atoms with Gasteiger partial charge < -0.3 is 10.2 Å². The third-order valence-electron chi connectivity index (χ3n) is 5.17. The van der Waals surface area contributed by atoms with Crippen molar-refractivity contribution in [3.05, 3.63) is 89.7 Å². The van der Waals surface area contributed by atoms with Crippen LogP contribution in [0, 0.1) is 5.82 Å². The fourth-order valence-electron chi connectivity index (χ4n) is 3.81. The monoisotopic (exact) mass is 369 g/mol. The van der Waals surface area contributed by atoms with Gasteiger partial charge >= 0.3 is 0 Å². The second kappa shape index (κ2) is 6.20. The van der Waals surface area contributed by atoms with E-state index in [0.717, 1.165) is 39.1 Å². The van der Waals surface area contributed by atoms with Crippen LogP contribution in [-0.4, -0.2) is 15.2 Å². The molecule has 0 amide bonds. The Bertz CT molecular complexity index is 1220. The summed E-state index contributed by atoms with van der Waals surface area (Å²) in [6.45, 7) is 0. The normalized spacial score (nSPS) is 11.9. The summed E-state index contributed by atoms with van der Waals surface area (Å²) in [5.74, 6) is 0.0746. The molecule has 0 aliphatic heterocycles. The van der Waals surface area contributed by atoms with Gasteiger partial charge in [-0.3, -0.25) is 0 Å². The summed E-state index contributed by atoms with van der Waals surface area (Å²) in [5, 5.41) is 20.4. The molecule has 0 atom stereocenters. The fraction of sp³-hybridized carbons (Fsp3) is 0.0417. The van der Waals surface area contributed by atoms with Gasteiger partial charge in [0.1, 0.15) is 17.3 Å². The third-order valence-corrected chi connectivity index (χ3v) is 5.17. The molecule has 0 saturated heterocycles. The maximum Gasteiger partial charge on any atom is 0.123 e. The molecule has 5 rings (SSSR count). The molecule has 0 spiro atoms. The molecule has 1 aromatic heterocycles. The molecular weight excluding hydrogens is 353 g/mol. The lowest BCUT2D eigenvalue weighted by molar-refractivity contribution is 0.475. The minimum atomic E-state index is -0.305. The van der Waals surface area contributed by atoms with Crippen LogP contribution in [0.3, 0.4) is 0 Å². The van der Waals surface area contributed by atoms with Gasteiger partial charge in [0.15, 0.2) is 0 Å². The molecule has 0 bridgehead atoms. The Labute approximate surface area is 161 Å². The number of halogens is 1. The van der Waals surface area contributed by atoms with Crippen LogP contribution < -0.4 is 0 Å². The van der Waals surface area contributed by atoms with Gasteiger partial charge in [-0.15, -0.1) is 0 Å². The molecule has 1 aliphatic carbocycles. The molecule has 1 heterocycles. The van der Waals surface area contributed by atoms with Crippen LogP contribution in [0.5, 0.6) is 11.5 Å². The number of aromatic nitrogens is 1. The Kier molecular flexibility index (Phi) is 3.66. The minimum Gasteiger partial charge on any atom is -0.508 e. The van der Waals surface area contributed by atoms with E-state index in [1.807, 2.05) is 24.3 Å². The molecule has 0 saturated carbocycles. The lowest BCUT2D eigenvalue weighted by Crippen LogP contribution is -1.95. The molecule has 4 aromatic rings. The second-order valence-electron chi connectivity index (χ2n) is 6.92. The predicted octanol–water partition coefficient (Wildman–Crippen LogP) is 5.54. The lowest BCUT2D eigenvalue weighted by atomic mass is 9.95. The molecule has 0 unspecified atom stereocenters. The number of rotatable bonds is 2. The SMILES string of the molecule is Oc1ccc2c(c1)-c1nc(-c3ccc(F)cc3)cc(-c3ccccc3O)c1C2. The van der Waals surface area contributed by atoms with E-state index in [4.69, 9.17) is 4.98 Å². The number of para-hydroxylation sites is 1. The van der Waals surface area contributed by atoms with Crippen molar-refractivity contribution in [2.24, 2.45) is 0 Å². The van der Waals surface area contributed by atoms with Crippen molar-refractivity contribution in [2.75, 3.05) is 0 Å². The molecule has 4 heteroatoms. The number of hydrogen-bond donors (Lipinski definition) is 2. The quantitative estimate of drug-likeness (QED) is 0.430. The van der Waals surface area contributed by atoms with Crippen LogP contribution in [0.25, 0.3) is 33.6 Å². The number of phenols is 2. The molecule has 3 aromatic carbocycles. The van der Waals surface area contributed by atoms with Crippen LogP contribution in [0.1, 0.15) is 11.1 Å². The zero-order valence-electron chi connectivity index (χ0n) is 14.9. The summed E-state index contributed by atoms with van der Waals surface area (Å²) in [7, 11) is 0. The lowest BCUT2D eigenvalue weighted by Gasteiger charge is -2.13. The second-order valence-corrected chi connectivity index (χ2v) is 6.92. The summed E-state index contributed by atoms with van der Waals surface area (Å²) >= 11 is 0. The molecular formula is C24H16FNO2. The Hall–Kier alpha value is -3.66. The van der Waals surface area contributed by atoms with Gasteiger partial charge in [0.25, 0.3) is 0 Å². The van der Waals surface area contributed by atoms with Crippen LogP contribution in [-0.2, 0) is 6.42 Å². The summed E-state index contributed by atoms with van der Waals surface area (Å²) in [5.41, 5.74) is 6.84. The maximum absolute atomic E-state index is 13.4. The number of nitrogens with zero attached hydrogens (tertiary/aromatic N) is 1. The molecule has 0 fully saturated rings. The number of hydrogen-bond acceptors (Lipinski definition) is 3. The van der Waals surface area contributed by atoms with Gasteiger partial charge in [0, 0.05) is 23.1 Å². The number of benzene rings is 3. The van der Waals surface area contributed by atoms with E-state index in [2.05, 4.69) is 0 Å².